The van der Waals surface area contributed by atoms with E-state index < -0.39 is 5.41 Å². The Kier molecular flexibility index (Phi) is 2.46. The summed E-state index contributed by atoms with van der Waals surface area (Å²) in [5.41, 5.74) is 1.45. The first-order valence-electron chi connectivity index (χ1n) is 6.95. The molecule has 0 aromatic carbocycles. The Labute approximate surface area is 122 Å². The molecule has 1 aromatic rings. The first-order chi connectivity index (χ1) is 9.56. The molecule has 0 unspecified atom stereocenters. The molecule has 4 rings (SSSR count). The van der Waals surface area contributed by atoms with E-state index in [0.29, 0.717) is 5.41 Å². The van der Waals surface area contributed by atoms with Gasteiger partial charge in [-0.15, -0.1) is 0 Å². The summed E-state index contributed by atoms with van der Waals surface area (Å²) in [5, 5.41) is 0.221. The molecule has 20 heavy (non-hydrogen) atoms. The third-order valence-corrected chi connectivity index (χ3v) is 5.43. The highest BCUT2D eigenvalue weighted by atomic mass is 35.5. The molecule has 6 heteroatoms. The second-order valence-electron chi connectivity index (χ2n) is 6.31. The number of hydrogen-bond acceptors (Lipinski definition) is 4. The maximum atomic E-state index is 12.8. The van der Waals surface area contributed by atoms with Crippen molar-refractivity contribution in [3.63, 3.8) is 0 Å². The number of likely N-dealkylation sites (N-methyl/N-ethyl adjacent to an activating group) is 1. The minimum atomic E-state index is -0.489. The number of ether oxygens (including phenoxy) is 1. The van der Waals surface area contributed by atoms with Gasteiger partial charge in [-0.2, -0.15) is 0 Å². The summed E-state index contributed by atoms with van der Waals surface area (Å²) < 4.78 is 5.36. The van der Waals surface area contributed by atoms with Crippen LogP contribution in [0.3, 0.4) is 0 Å². The fraction of sp³-hybridized carbons (Fsp3) is 0.643. The highest BCUT2D eigenvalue weighted by Crippen LogP contribution is 2.54. The highest BCUT2D eigenvalue weighted by Gasteiger charge is 2.56. The van der Waals surface area contributed by atoms with Crippen LogP contribution in [-0.4, -0.2) is 36.1 Å². The van der Waals surface area contributed by atoms with Gasteiger partial charge in [-0.3, -0.25) is 4.79 Å². The predicted molar refractivity (Wildman–Crippen MR) is 73.9 cm³/mol. The van der Waals surface area contributed by atoms with Crippen molar-refractivity contribution in [2.24, 2.45) is 5.41 Å². The van der Waals surface area contributed by atoms with Crippen molar-refractivity contribution in [1.82, 2.24) is 9.97 Å². The molecule has 2 fully saturated rings. The van der Waals surface area contributed by atoms with Crippen LogP contribution in [0.5, 0.6) is 0 Å². The van der Waals surface area contributed by atoms with Crippen LogP contribution in [0.15, 0.2) is 6.20 Å². The van der Waals surface area contributed by atoms with Crippen LogP contribution in [0.25, 0.3) is 0 Å². The second kappa shape index (κ2) is 3.92. The monoisotopic (exact) mass is 293 g/mol. The van der Waals surface area contributed by atoms with Gasteiger partial charge in [0.2, 0.25) is 11.2 Å². The van der Waals surface area contributed by atoms with Crippen molar-refractivity contribution >= 4 is 23.2 Å². The molecule has 0 radical (unpaired) electrons. The predicted octanol–water partition coefficient (Wildman–Crippen LogP) is 1.93. The number of rotatable bonds is 0. The smallest absolute Gasteiger partial charge is 0.239 e. The molecular formula is C14H16ClN3O2. The van der Waals surface area contributed by atoms with Gasteiger partial charge in [0.1, 0.15) is 0 Å². The van der Waals surface area contributed by atoms with E-state index in [4.69, 9.17) is 16.3 Å². The SMILES string of the molecule is CN1C(=O)C2(CCC3(CC2)COC3)c2nc(Cl)ncc21. The quantitative estimate of drug-likeness (QED) is 0.686. The lowest BCUT2D eigenvalue weighted by atomic mass is 9.62. The minimum Gasteiger partial charge on any atom is -0.380 e. The van der Waals surface area contributed by atoms with Crippen LogP contribution < -0.4 is 4.90 Å². The summed E-state index contributed by atoms with van der Waals surface area (Å²) in [6.07, 6.45) is 5.37. The summed E-state index contributed by atoms with van der Waals surface area (Å²) in [4.78, 5) is 22.8. The van der Waals surface area contributed by atoms with Crippen molar-refractivity contribution in [2.45, 2.75) is 31.1 Å². The minimum absolute atomic E-state index is 0.138. The largest absolute Gasteiger partial charge is 0.380 e. The zero-order valence-electron chi connectivity index (χ0n) is 11.4. The van der Waals surface area contributed by atoms with E-state index in [1.807, 2.05) is 0 Å². The number of halogens is 1. The normalized spacial score (nSPS) is 25.9. The molecule has 1 amide bonds. The van der Waals surface area contributed by atoms with Crippen molar-refractivity contribution in [3.05, 3.63) is 17.2 Å². The average Bonchev–Trinajstić information content (AvgIpc) is 2.61. The van der Waals surface area contributed by atoms with Crippen molar-refractivity contribution in [2.75, 3.05) is 25.2 Å². The second-order valence-corrected chi connectivity index (χ2v) is 6.65. The van der Waals surface area contributed by atoms with Crippen LogP contribution >= 0.6 is 11.6 Å². The molecule has 2 spiro atoms. The van der Waals surface area contributed by atoms with Gasteiger partial charge in [-0.05, 0) is 37.3 Å². The van der Waals surface area contributed by atoms with Gasteiger partial charge in [-0.25, -0.2) is 9.97 Å². The summed E-state index contributed by atoms with van der Waals surface area (Å²) in [7, 11) is 1.80. The van der Waals surface area contributed by atoms with Gasteiger partial charge in [0.05, 0.1) is 36.2 Å². The number of aromatic nitrogens is 2. The molecule has 0 N–H and O–H groups in total. The van der Waals surface area contributed by atoms with E-state index in [1.54, 1.807) is 18.1 Å². The number of nitrogens with zero attached hydrogens (tertiary/aromatic N) is 3. The number of hydrogen-bond donors (Lipinski definition) is 0. The average molecular weight is 294 g/mol. The van der Waals surface area contributed by atoms with Crippen LogP contribution in [-0.2, 0) is 14.9 Å². The van der Waals surface area contributed by atoms with Crippen LogP contribution in [0.4, 0.5) is 5.69 Å². The van der Waals surface area contributed by atoms with Crippen molar-refractivity contribution in [3.8, 4) is 0 Å². The van der Waals surface area contributed by atoms with Crippen molar-refractivity contribution in [1.29, 1.82) is 0 Å². The Hall–Kier alpha value is -1.20. The van der Waals surface area contributed by atoms with Crippen LogP contribution in [0, 0.1) is 5.41 Å². The van der Waals surface area contributed by atoms with Gasteiger partial charge in [0.15, 0.2) is 0 Å². The van der Waals surface area contributed by atoms with Gasteiger partial charge >= 0.3 is 0 Å². The third-order valence-electron chi connectivity index (χ3n) is 5.25. The summed E-state index contributed by atoms with van der Waals surface area (Å²) in [5.74, 6) is 0.138. The Morgan fingerprint density at radius 1 is 1.30 bits per heavy atom. The zero-order chi connectivity index (χ0) is 14.0. The van der Waals surface area contributed by atoms with Gasteiger partial charge in [-0.1, -0.05) is 0 Å². The third kappa shape index (κ3) is 1.45. The van der Waals surface area contributed by atoms with E-state index >= 15 is 0 Å². The highest BCUT2D eigenvalue weighted by molar-refractivity contribution is 6.28. The van der Waals surface area contributed by atoms with E-state index in [-0.39, 0.29) is 11.2 Å². The summed E-state index contributed by atoms with van der Waals surface area (Å²) in [6, 6.07) is 0. The molecule has 1 aromatic heterocycles. The van der Waals surface area contributed by atoms with Gasteiger partial charge < -0.3 is 9.64 Å². The van der Waals surface area contributed by atoms with Crippen molar-refractivity contribution < 1.29 is 9.53 Å². The van der Waals surface area contributed by atoms with Crippen LogP contribution in [0.1, 0.15) is 31.4 Å². The summed E-state index contributed by atoms with van der Waals surface area (Å²) in [6.45, 7) is 1.68. The Morgan fingerprint density at radius 3 is 2.60 bits per heavy atom. The number of anilines is 1. The molecule has 1 saturated carbocycles. The summed E-state index contributed by atoms with van der Waals surface area (Å²) >= 11 is 5.94. The molecule has 2 aliphatic heterocycles. The topological polar surface area (TPSA) is 55.3 Å². The molecule has 3 aliphatic rings. The van der Waals surface area contributed by atoms with Gasteiger partial charge in [0, 0.05) is 12.5 Å². The van der Waals surface area contributed by atoms with Crippen LogP contribution in [0.2, 0.25) is 5.28 Å². The Bertz CT molecular complexity index is 590. The first kappa shape index (κ1) is 12.5. The number of carbonyl (C=O) groups is 1. The maximum Gasteiger partial charge on any atom is 0.239 e. The van der Waals surface area contributed by atoms with E-state index in [1.165, 1.54) is 0 Å². The molecule has 0 atom stereocenters. The molecule has 106 valence electrons. The molecule has 3 heterocycles. The lowest BCUT2D eigenvalue weighted by Gasteiger charge is -2.48. The lowest BCUT2D eigenvalue weighted by molar-refractivity contribution is -0.146. The van der Waals surface area contributed by atoms with E-state index in [2.05, 4.69) is 9.97 Å². The maximum absolute atomic E-state index is 12.8. The molecular weight excluding hydrogens is 278 g/mol. The fourth-order valence-electron chi connectivity index (χ4n) is 3.82. The molecule has 1 aliphatic carbocycles. The standard InChI is InChI=1S/C14H16ClN3O2/c1-18-9-6-16-12(15)17-10(9)14(11(18)19)4-2-13(3-5-14)7-20-8-13/h6H,2-5,7-8H2,1H3. The fourth-order valence-corrected chi connectivity index (χ4v) is 3.95. The van der Waals surface area contributed by atoms with Gasteiger partial charge in [0.25, 0.3) is 0 Å². The number of amides is 1. The van der Waals surface area contributed by atoms with E-state index in [9.17, 15) is 4.79 Å². The van der Waals surface area contributed by atoms with E-state index in [0.717, 1.165) is 50.3 Å². The number of fused-ring (bicyclic) bond motifs is 2. The molecule has 0 bridgehead atoms. The number of carbonyl (C=O) groups excluding carboxylic acids is 1. The molecule has 1 saturated heterocycles. The Balaban J connectivity index is 1.75. The lowest BCUT2D eigenvalue weighted by Crippen LogP contribution is -2.51. The molecule has 5 nitrogen and oxygen atoms in total. The Morgan fingerprint density at radius 2 is 2.00 bits per heavy atom. The first-order valence-corrected chi connectivity index (χ1v) is 7.33. The zero-order valence-corrected chi connectivity index (χ0v) is 12.1.